The molecular formula is C17H15ClFNO4S. The molecule has 0 saturated heterocycles. The van der Waals surface area contributed by atoms with Gasteiger partial charge in [0.15, 0.2) is 0 Å². The molecule has 8 heteroatoms. The summed E-state index contributed by atoms with van der Waals surface area (Å²) in [5.41, 5.74) is 0.957. The quantitative estimate of drug-likeness (QED) is 0.850. The molecule has 2 aromatic carbocycles. The number of carboxylic acids is 1. The number of aryl methyl sites for hydroxylation is 1. The summed E-state index contributed by atoms with van der Waals surface area (Å²) in [5, 5.41) is 9.47. The Balaban J connectivity index is 1.82. The summed E-state index contributed by atoms with van der Waals surface area (Å²) in [7, 11) is -3.71. The van der Waals surface area contributed by atoms with Crippen LogP contribution >= 0.6 is 11.6 Å². The fourth-order valence-corrected chi connectivity index (χ4v) is 4.34. The Morgan fingerprint density at radius 2 is 1.88 bits per heavy atom. The fraction of sp³-hybridized carbons (Fsp3) is 0.235. The number of rotatable bonds is 4. The third kappa shape index (κ3) is 3.84. The van der Waals surface area contributed by atoms with Crippen LogP contribution in [0.15, 0.2) is 41.3 Å². The van der Waals surface area contributed by atoms with Gasteiger partial charge in [-0.3, -0.25) is 0 Å². The molecule has 0 spiro atoms. The number of halogens is 2. The molecule has 25 heavy (non-hydrogen) atoms. The van der Waals surface area contributed by atoms with Crippen LogP contribution in [-0.2, 0) is 22.9 Å². The molecule has 2 N–H and O–H groups in total. The highest BCUT2D eigenvalue weighted by Gasteiger charge is 2.26. The van der Waals surface area contributed by atoms with Gasteiger partial charge < -0.3 is 5.11 Å². The maximum Gasteiger partial charge on any atom is 0.338 e. The Labute approximate surface area is 149 Å². The molecule has 0 heterocycles. The van der Waals surface area contributed by atoms with Crippen LogP contribution in [0.4, 0.5) is 4.39 Å². The third-order valence-corrected chi connectivity index (χ3v) is 5.98. The molecule has 1 aliphatic carbocycles. The molecule has 1 unspecified atom stereocenters. The van der Waals surface area contributed by atoms with Crippen molar-refractivity contribution < 1.29 is 22.7 Å². The minimum Gasteiger partial charge on any atom is -0.478 e. The predicted molar refractivity (Wildman–Crippen MR) is 90.9 cm³/mol. The molecule has 1 atom stereocenters. The first-order chi connectivity index (χ1) is 11.8. The van der Waals surface area contributed by atoms with Gasteiger partial charge in [0.05, 0.1) is 10.5 Å². The fourth-order valence-electron chi connectivity index (χ4n) is 2.94. The lowest BCUT2D eigenvalue weighted by molar-refractivity contribution is 0.0691. The molecule has 5 nitrogen and oxygen atoms in total. The topological polar surface area (TPSA) is 83.5 Å². The summed E-state index contributed by atoms with van der Waals surface area (Å²) in [5.74, 6) is -2.12. The summed E-state index contributed by atoms with van der Waals surface area (Å²) in [6.07, 6.45) is 1.29. The number of sulfonamides is 1. The number of fused-ring (bicyclic) bond motifs is 1. The van der Waals surface area contributed by atoms with Crippen LogP contribution in [0.25, 0.3) is 0 Å². The number of benzene rings is 2. The van der Waals surface area contributed by atoms with E-state index in [1.165, 1.54) is 36.4 Å². The molecule has 0 amide bonds. The van der Waals surface area contributed by atoms with Crippen LogP contribution in [0.5, 0.6) is 0 Å². The Bertz CT molecular complexity index is 928. The summed E-state index contributed by atoms with van der Waals surface area (Å²) in [6.45, 7) is 0. The number of hydrogen-bond donors (Lipinski definition) is 2. The molecule has 0 bridgehead atoms. The Kier molecular flexibility index (Phi) is 4.81. The number of nitrogens with one attached hydrogen (secondary N) is 1. The Morgan fingerprint density at radius 1 is 1.20 bits per heavy atom. The van der Waals surface area contributed by atoms with E-state index in [-0.39, 0.29) is 10.9 Å². The van der Waals surface area contributed by atoms with E-state index in [1.807, 2.05) is 0 Å². The number of hydrogen-bond acceptors (Lipinski definition) is 3. The zero-order valence-corrected chi connectivity index (χ0v) is 14.6. The molecule has 0 aromatic heterocycles. The smallest absolute Gasteiger partial charge is 0.338 e. The maximum absolute atomic E-state index is 13.7. The zero-order chi connectivity index (χ0) is 18.2. The standard InChI is InChI=1S/C17H15ClFNO4S/c18-12-2-5-14(6-3-12)25(23,24)20-13-4-1-10-9-16(19)15(17(21)22)8-11(10)7-13/h2-3,5-6,8-9,13,20H,1,4,7H2,(H,21,22). The van der Waals surface area contributed by atoms with E-state index in [0.29, 0.717) is 35.4 Å². The van der Waals surface area contributed by atoms with Crippen molar-refractivity contribution in [3.8, 4) is 0 Å². The monoisotopic (exact) mass is 383 g/mol. The van der Waals surface area contributed by atoms with Gasteiger partial charge >= 0.3 is 5.97 Å². The number of carboxylic acid groups (broad SMARTS) is 1. The van der Waals surface area contributed by atoms with Gasteiger partial charge in [0.1, 0.15) is 5.82 Å². The maximum atomic E-state index is 13.7. The lowest BCUT2D eigenvalue weighted by Gasteiger charge is -2.26. The van der Waals surface area contributed by atoms with E-state index in [2.05, 4.69) is 4.72 Å². The van der Waals surface area contributed by atoms with Gasteiger partial charge in [0.25, 0.3) is 0 Å². The first-order valence-corrected chi connectivity index (χ1v) is 9.45. The van der Waals surface area contributed by atoms with E-state index < -0.39 is 27.4 Å². The second-order valence-corrected chi connectivity index (χ2v) is 8.07. The molecule has 1 aliphatic rings. The molecular weight excluding hydrogens is 369 g/mol. The normalized spacial score (nSPS) is 17.1. The van der Waals surface area contributed by atoms with Crippen molar-refractivity contribution in [2.45, 2.75) is 30.2 Å². The first kappa shape index (κ1) is 17.8. The van der Waals surface area contributed by atoms with E-state index in [9.17, 15) is 17.6 Å². The van der Waals surface area contributed by atoms with Crippen LogP contribution in [0.1, 0.15) is 27.9 Å². The SMILES string of the molecule is O=C(O)c1cc2c(cc1F)CCC(NS(=O)(=O)c1ccc(Cl)cc1)C2. The van der Waals surface area contributed by atoms with Crippen molar-refractivity contribution in [1.29, 1.82) is 0 Å². The van der Waals surface area contributed by atoms with Crippen molar-refractivity contribution in [3.05, 3.63) is 63.9 Å². The van der Waals surface area contributed by atoms with Crippen LogP contribution in [0.2, 0.25) is 5.02 Å². The van der Waals surface area contributed by atoms with Gasteiger partial charge in [-0.25, -0.2) is 22.3 Å². The van der Waals surface area contributed by atoms with Crippen molar-refractivity contribution in [2.75, 3.05) is 0 Å². The van der Waals surface area contributed by atoms with Gasteiger partial charge in [0, 0.05) is 11.1 Å². The van der Waals surface area contributed by atoms with Crippen LogP contribution in [0, 0.1) is 5.82 Å². The average Bonchev–Trinajstić information content (AvgIpc) is 2.54. The highest BCUT2D eigenvalue weighted by Crippen LogP contribution is 2.26. The van der Waals surface area contributed by atoms with Gasteiger partial charge in [-0.05, 0) is 66.8 Å². The number of aromatic carboxylic acids is 1. The molecule has 0 fully saturated rings. The molecule has 0 aliphatic heterocycles. The van der Waals surface area contributed by atoms with Crippen LogP contribution < -0.4 is 4.72 Å². The summed E-state index contributed by atoms with van der Waals surface area (Å²) in [4.78, 5) is 11.2. The third-order valence-electron chi connectivity index (χ3n) is 4.19. The van der Waals surface area contributed by atoms with Gasteiger partial charge in [-0.15, -0.1) is 0 Å². The second kappa shape index (κ2) is 6.74. The molecule has 0 radical (unpaired) electrons. The minimum absolute atomic E-state index is 0.105. The minimum atomic E-state index is -3.71. The van der Waals surface area contributed by atoms with Crippen molar-refractivity contribution in [2.24, 2.45) is 0 Å². The molecule has 132 valence electrons. The number of carbonyl (C=O) groups is 1. The van der Waals surface area contributed by atoms with Gasteiger partial charge in [0.2, 0.25) is 10.0 Å². The van der Waals surface area contributed by atoms with Crippen LogP contribution in [-0.4, -0.2) is 25.5 Å². The van der Waals surface area contributed by atoms with Gasteiger partial charge in [-0.2, -0.15) is 0 Å². The van der Waals surface area contributed by atoms with E-state index in [0.717, 1.165) is 0 Å². The lowest BCUT2D eigenvalue weighted by atomic mass is 9.87. The molecule has 3 rings (SSSR count). The van der Waals surface area contributed by atoms with Crippen molar-refractivity contribution in [1.82, 2.24) is 4.72 Å². The average molecular weight is 384 g/mol. The first-order valence-electron chi connectivity index (χ1n) is 7.59. The van der Waals surface area contributed by atoms with E-state index in [4.69, 9.17) is 16.7 Å². The lowest BCUT2D eigenvalue weighted by Crippen LogP contribution is -2.38. The summed E-state index contributed by atoms with van der Waals surface area (Å²) < 4.78 is 41.3. The van der Waals surface area contributed by atoms with Crippen molar-refractivity contribution in [3.63, 3.8) is 0 Å². The summed E-state index contributed by atoms with van der Waals surface area (Å²) >= 11 is 5.77. The highest BCUT2D eigenvalue weighted by atomic mass is 35.5. The van der Waals surface area contributed by atoms with Crippen molar-refractivity contribution >= 4 is 27.6 Å². The molecule has 0 saturated carbocycles. The second-order valence-electron chi connectivity index (χ2n) is 5.92. The highest BCUT2D eigenvalue weighted by molar-refractivity contribution is 7.89. The Morgan fingerprint density at radius 3 is 2.52 bits per heavy atom. The van der Waals surface area contributed by atoms with E-state index in [1.54, 1.807) is 0 Å². The van der Waals surface area contributed by atoms with Gasteiger partial charge in [-0.1, -0.05) is 11.6 Å². The largest absolute Gasteiger partial charge is 0.478 e. The Hall–Kier alpha value is -1.96. The van der Waals surface area contributed by atoms with E-state index >= 15 is 0 Å². The zero-order valence-electron chi connectivity index (χ0n) is 13.0. The summed E-state index contributed by atoms with van der Waals surface area (Å²) in [6, 6.07) is 7.94. The molecule has 2 aromatic rings. The predicted octanol–water partition coefficient (Wildman–Crippen LogP) is 3.01. The van der Waals surface area contributed by atoms with Crippen LogP contribution in [0.3, 0.4) is 0 Å².